The summed E-state index contributed by atoms with van der Waals surface area (Å²) in [6, 6.07) is 8.00. The topological polar surface area (TPSA) is 43.1 Å². The molecule has 1 aromatic rings. The molecule has 0 spiro atoms. The summed E-state index contributed by atoms with van der Waals surface area (Å²) in [4.78, 5) is 11.3. The van der Waals surface area contributed by atoms with Crippen molar-refractivity contribution in [1.29, 1.82) is 0 Å². The molecule has 0 heterocycles. The molecule has 0 aliphatic heterocycles. The van der Waals surface area contributed by atoms with Crippen molar-refractivity contribution in [3.05, 3.63) is 35.4 Å². The van der Waals surface area contributed by atoms with E-state index < -0.39 is 0 Å². The van der Waals surface area contributed by atoms with E-state index in [4.69, 9.17) is 5.73 Å². The van der Waals surface area contributed by atoms with Crippen LogP contribution in [0.1, 0.15) is 24.0 Å². The van der Waals surface area contributed by atoms with Gasteiger partial charge in [0, 0.05) is 6.04 Å². The van der Waals surface area contributed by atoms with E-state index in [0.717, 1.165) is 12.0 Å². The van der Waals surface area contributed by atoms with Crippen LogP contribution in [-0.2, 0) is 11.2 Å². The molecule has 0 aromatic heterocycles. The van der Waals surface area contributed by atoms with Gasteiger partial charge in [-0.25, -0.2) is 0 Å². The maximum Gasteiger partial charge on any atom is 0.138 e. The Morgan fingerprint density at radius 2 is 2.15 bits per heavy atom. The van der Waals surface area contributed by atoms with E-state index in [1.54, 1.807) is 6.92 Å². The zero-order chi connectivity index (χ0) is 9.42. The molecule has 2 unspecified atom stereocenters. The fourth-order valence-electron chi connectivity index (χ4n) is 2.15. The molecular formula is C11H13NO. The molecule has 2 rings (SSSR count). The Hall–Kier alpha value is -1.15. The first-order valence-electron chi connectivity index (χ1n) is 4.54. The minimum absolute atomic E-state index is 0.0186. The van der Waals surface area contributed by atoms with Crippen molar-refractivity contribution in [3.8, 4) is 0 Å². The minimum Gasteiger partial charge on any atom is -0.326 e. The second-order valence-electron chi connectivity index (χ2n) is 3.66. The van der Waals surface area contributed by atoms with Crippen LogP contribution in [0.25, 0.3) is 0 Å². The number of hydrogen-bond donors (Lipinski definition) is 1. The van der Waals surface area contributed by atoms with Crippen LogP contribution >= 0.6 is 0 Å². The number of fused-ring (bicyclic) bond motifs is 1. The summed E-state index contributed by atoms with van der Waals surface area (Å²) in [7, 11) is 0. The second-order valence-corrected chi connectivity index (χ2v) is 3.66. The number of hydrogen-bond acceptors (Lipinski definition) is 2. The smallest absolute Gasteiger partial charge is 0.138 e. The van der Waals surface area contributed by atoms with Gasteiger partial charge in [-0.2, -0.15) is 0 Å². The summed E-state index contributed by atoms with van der Waals surface area (Å²) in [5.74, 6) is 0.105. The number of ketones is 1. The predicted octanol–water partition coefficient (Wildman–Crippen LogP) is 1.24. The molecule has 68 valence electrons. The number of nitrogens with two attached hydrogens (primary N) is 1. The summed E-state index contributed by atoms with van der Waals surface area (Å²) >= 11 is 0. The van der Waals surface area contributed by atoms with Gasteiger partial charge in [-0.3, -0.25) is 4.79 Å². The van der Waals surface area contributed by atoms with Crippen LogP contribution in [-0.4, -0.2) is 11.8 Å². The van der Waals surface area contributed by atoms with Crippen LogP contribution in [0.15, 0.2) is 24.3 Å². The van der Waals surface area contributed by atoms with E-state index in [1.165, 1.54) is 5.56 Å². The molecule has 2 atom stereocenters. The predicted molar refractivity (Wildman–Crippen MR) is 51.5 cm³/mol. The van der Waals surface area contributed by atoms with E-state index in [-0.39, 0.29) is 17.7 Å². The van der Waals surface area contributed by atoms with Gasteiger partial charge in [0.05, 0.1) is 5.92 Å². The quantitative estimate of drug-likeness (QED) is 0.698. The van der Waals surface area contributed by atoms with E-state index in [2.05, 4.69) is 6.07 Å². The molecule has 1 aliphatic carbocycles. The van der Waals surface area contributed by atoms with Crippen LogP contribution in [0.5, 0.6) is 0 Å². The molecule has 2 N–H and O–H groups in total. The van der Waals surface area contributed by atoms with Gasteiger partial charge < -0.3 is 5.73 Å². The molecule has 1 aliphatic rings. The number of rotatable bonds is 1. The third-order valence-corrected chi connectivity index (χ3v) is 2.71. The van der Waals surface area contributed by atoms with Crippen molar-refractivity contribution in [1.82, 2.24) is 0 Å². The number of Topliss-reactive ketones (excluding diaryl/α,β-unsaturated/α-hetero) is 1. The van der Waals surface area contributed by atoms with E-state index in [1.807, 2.05) is 18.2 Å². The van der Waals surface area contributed by atoms with Crippen molar-refractivity contribution in [2.45, 2.75) is 25.3 Å². The van der Waals surface area contributed by atoms with E-state index in [9.17, 15) is 4.79 Å². The molecule has 0 amide bonds. The molecule has 0 saturated heterocycles. The first kappa shape index (κ1) is 8.45. The summed E-state index contributed by atoms with van der Waals surface area (Å²) in [5, 5.41) is 0. The zero-order valence-electron chi connectivity index (χ0n) is 7.66. The average molecular weight is 175 g/mol. The van der Waals surface area contributed by atoms with Crippen molar-refractivity contribution in [2.24, 2.45) is 5.73 Å². The molecular weight excluding hydrogens is 162 g/mol. The Morgan fingerprint density at radius 1 is 1.46 bits per heavy atom. The van der Waals surface area contributed by atoms with Crippen LogP contribution in [0, 0.1) is 0 Å². The highest BCUT2D eigenvalue weighted by atomic mass is 16.1. The first-order chi connectivity index (χ1) is 6.20. The van der Waals surface area contributed by atoms with Crippen molar-refractivity contribution in [3.63, 3.8) is 0 Å². The summed E-state index contributed by atoms with van der Waals surface area (Å²) in [6.07, 6.45) is 0.834. The van der Waals surface area contributed by atoms with Gasteiger partial charge >= 0.3 is 0 Å². The Balaban J connectivity index is 2.46. The van der Waals surface area contributed by atoms with Gasteiger partial charge in [-0.05, 0) is 24.5 Å². The maximum atomic E-state index is 11.3. The molecule has 0 bridgehead atoms. The van der Waals surface area contributed by atoms with Gasteiger partial charge in [-0.15, -0.1) is 0 Å². The summed E-state index contributed by atoms with van der Waals surface area (Å²) in [5.41, 5.74) is 8.27. The minimum atomic E-state index is -0.0730. The summed E-state index contributed by atoms with van der Waals surface area (Å²) in [6.45, 7) is 1.62. The Labute approximate surface area is 77.8 Å². The van der Waals surface area contributed by atoms with Gasteiger partial charge in [0.2, 0.25) is 0 Å². The van der Waals surface area contributed by atoms with Gasteiger partial charge in [0.1, 0.15) is 5.78 Å². The van der Waals surface area contributed by atoms with Crippen molar-refractivity contribution >= 4 is 5.78 Å². The van der Waals surface area contributed by atoms with Crippen molar-refractivity contribution in [2.75, 3.05) is 0 Å². The van der Waals surface area contributed by atoms with Crippen LogP contribution in [0.3, 0.4) is 0 Å². The molecule has 13 heavy (non-hydrogen) atoms. The molecule has 2 nitrogen and oxygen atoms in total. The summed E-state index contributed by atoms with van der Waals surface area (Å²) < 4.78 is 0. The van der Waals surface area contributed by atoms with E-state index in [0.29, 0.717) is 0 Å². The van der Waals surface area contributed by atoms with Gasteiger partial charge in [0.15, 0.2) is 0 Å². The molecule has 0 fully saturated rings. The first-order valence-corrected chi connectivity index (χ1v) is 4.54. The standard InChI is InChI=1S/C11H13NO/c1-7(13)11-9-5-3-2-4-8(9)6-10(11)12/h2-5,10-11H,6,12H2,1H3. The van der Waals surface area contributed by atoms with Crippen LogP contribution in [0.2, 0.25) is 0 Å². The fourth-order valence-corrected chi connectivity index (χ4v) is 2.15. The lowest BCUT2D eigenvalue weighted by atomic mass is 9.95. The Morgan fingerprint density at radius 3 is 2.85 bits per heavy atom. The third kappa shape index (κ3) is 1.27. The lowest BCUT2D eigenvalue weighted by Gasteiger charge is -2.12. The lowest BCUT2D eigenvalue weighted by molar-refractivity contribution is -0.118. The monoisotopic (exact) mass is 175 g/mol. The molecule has 0 saturated carbocycles. The average Bonchev–Trinajstić information content (AvgIpc) is 2.39. The van der Waals surface area contributed by atoms with Gasteiger partial charge in [-0.1, -0.05) is 24.3 Å². The highest BCUT2D eigenvalue weighted by Crippen LogP contribution is 2.32. The van der Waals surface area contributed by atoms with E-state index >= 15 is 0 Å². The maximum absolute atomic E-state index is 11.3. The Kier molecular flexibility index (Phi) is 1.93. The lowest BCUT2D eigenvalue weighted by Crippen LogP contribution is -2.29. The van der Waals surface area contributed by atoms with Crippen LogP contribution in [0.4, 0.5) is 0 Å². The third-order valence-electron chi connectivity index (χ3n) is 2.71. The highest BCUT2D eigenvalue weighted by Gasteiger charge is 2.32. The second kappa shape index (κ2) is 2.96. The van der Waals surface area contributed by atoms with Gasteiger partial charge in [0.25, 0.3) is 0 Å². The SMILES string of the molecule is CC(=O)C1c2ccccc2CC1N. The van der Waals surface area contributed by atoms with Crippen molar-refractivity contribution < 1.29 is 4.79 Å². The Bertz CT molecular complexity index is 346. The number of carbonyl (C=O) groups is 1. The largest absolute Gasteiger partial charge is 0.326 e. The molecule has 2 heteroatoms. The zero-order valence-corrected chi connectivity index (χ0v) is 7.66. The number of benzene rings is 1. The molecule has 1 aromatic carbocycles. The van der Waals surface area contributed by atoms with Crippen LogP contribution < -0.4 is 5.73 Å². The molecule has 0 radical (unpaired) electrons. The number of carbonyl (C=O) groups excluding carboxylic acids is 1. The normalized spacial score (nSPS) is 25.7. The highest BCUT2D eigenvalue weighted by molar-refractivity contribution is 5.85. The fraction of sp³-hybridized carbons (Fsp3) is 0.364.